The molecule has 0 radical (unpaired) electrons. The molecule has 1 aliphatic rings. The Balaban J connectivity index is 2.21. The van der Waals surface area contributed by atoms with Gasteiger partial charge in [0.05, 0.1) is 25.2 Å². The molecule has 0 heterocycles. The van der Waals surface area contributed by atoms with Crippen molar-refractivity contribution in [3.8, 4) is 11.5 Å². The smallest absolute Gasteiger partial charge is 0.243 e. The van der Waals surface area contributed by atoms with Crippen molar-refractivity contribution < 1.29 is 23.0 Å². The number of rotatable bonds is 7. The Morgan fingerprint density at radius 2 is 1.90 bits per heavy atom. The summed E-state index contributed by atoms with van der Waals surface area (Å²) in [5.41, 5.74) is 0. The molecular formula is C14H21NO5S. The highest BCUT2D eigenvalue weighted by Crippen LogP contribution is 2.34. The van der Waals surface area contributed by atoms with Gasteiger partial charge < -0.3 is 14.6 Å². The summed E-state index contributed by atoms with van der Waals surface area (Å²) in [5, 5.41) is 9.90. The summed E-state index contributed by atoms with van der Waals surface area (Å²) < 4.78 is 36.4. The predicted molar refractivity (Wildman–Crippen MR) is 78.1 cm³/mol. The fourth-order valence-electron chi connectivity index (χ4n) is 2.15. The third-order valence-corrected chi connectivity index (χ3v) is 5.49. The molecule has 6 nitrogen and oxygen atoms in total. The SMILES string of the molecule is COc1ccc(S(=O)(=O)N(C)C[C@@H](O)C2CC2)cc1OC. The maximum absolute atomic E-state index is 12.5. The van der Waals surface area contributed by atoms with E-state index in [0.717, 1.165) is 12.8 Å². The van der Waals surface area contributed by atoms with Crippen LogP contribution in [-0.4, -0.2) is 51.7 Å². The van der Waals surface area contributed by atoms with Gasteiger partial charge in [0.2, 0.25) is 10.0 Å². The molecule has 0 amide bonds. The van der Waals surface area contributed by atoms with Crippen LogP contribution in [0.3, 0.4) is 0 Å². The molecule has 0 aliphatic heterocycles. The molecule has 118 valence electrons. The lowest BCUT2D eigenvalue weighted by atomic mass is 10.2. The van der Waals surface area contributed by atoms with Gasteiger partial charge in [0.1, 0.15) is 0 Å². The van der Waals surface area contributed by atoms with E-state index in [1.165, 1.54) is 37.7 Å². The zero-order valence-corrected chi connectivity index (χ0v) is 13.3. The van der Waals surface area contributed by atoms with Crippen LogP contribution in [-0.2, 0) is 10.0 Å². The molecule has 0 spiro atoms. The first kappa shape index (κ1) is 16.1. The number of methoxy groups -OCH3 is 2. The summed E-state index contributed by atoms with van der Waals surface area (Å²) >= 11 is 0. The Kier molecular flexibility index (Phi) is 4.75. The van der Waals surface area contributed by atoms with Crippen LogP contribution in [0.15, 0.2) is 23.1 Å². The van der Waals surface area contributed by atoms with Gasteiger partial charge >= 0.3 is 0 Å². The Bertz CT molecular complexity index is 597. The van der Waals surface area contributed by atoms with Gasteiger partial charge in [0, 0.05) is 19.7 Å². The number of hydrogen-bond donors (Lipinski definition) is 1. The number of sulfonamides is 1. The molecule has 7 heteroatoms. The van der Waals surface area contributed by atoms with Crippen molar-refractivity contribution in [2.75, 3.05) is 27.8 Å². The van der Waals surface area contributed by atoms with Crippen molar-refractivity contribution in [2.45, 2.75) is 23.8 Å². The number of hydrogen-bond acceptors (Lipinski definition) is 5. The third kappa shape index (κ3) is 3.48. The number of likely N-dealkylation sites (N-methyl/N-ethyl adjacent to an activating group) is 1. The summed E-state index contributed by atoms with van der Waals surface area (Å²) in [5.74, 6) is 1.06. The summed E-state index contributed by atoms with van der Waals surface area (Å²) in [4.78, 5) is 0.116. The standard InChI is InChI=1S/C14H21NO5S/c1-15(9-12(16)10-4-5-10)21(17,18)11-6-7-13(19-2)14(8-11)20-3/h6-8,10,12,16H,4-5,9H2,1-3H3/t12-/m1/s1. The van der Waals surface area contributed by atoms with E-state index in [1.807, 2.05) is 0 Å². The minimum absolute atomic E-state index is 0.0986. The Hall–Kier alpha value is -1.31. The van der Waals surface area contributed by atoms with Crippen LogP contribution in [0.4, 0.5) is 0 Å². The van der Waals surface area contributed by atoms with Crippen molar-refractivity contribution >= 4 is 10.0 Å². The second-order valence-corrected chi connectivity index (χ2v) is 7.25. The Labute approximate surface area is 125 Å². The predicted octanol–water partition coefficient (Wildman–Crippen LogP) is 1.10. The largest absolute Gasteiger partial charge is 0.493 e. The molecule has 0 unspecified atom stereocenters. The van der Waals surface area contributed by atoms with Crippen LogP contribution in [0.2, 0.25) is 0 Å². The molecule has 2 rings (SSSR count). The molecule has 1 aliphatic carbocycles. The van der Waals surface area contributed by atoms with E-state index < -0.39 is 16.1 Å². The summed E-state index contributed by atoms with van der Waals surface area (Å²) in [6.07, 6.45) is 1.32. The normalized spacial score (nSPS) is 16.8. The quantitative estimate of drug-likeness (QED) is 0.815. The lowest BCUT2D eigenvalue weighted by Crippen LogP contribution is -2.35. The lowest BCUT2D eigenvalue weighted by molar-refractivity contribution is 0.131. The molecule has 1 aromatic rings. The minimum Gasteiger partial charge on any atom is -0.493 e. The fourth-order valence-corrected chi connectivity index (χ4v) is 3.35. The van der Waals surface area contributed by atoms with E-state index >= 15 is 0 Å². The van der Waals surface area contributed by atoms with Crippen LogP contribution in [0.5, 0.6) is 11.5 Å². The van der Waals surface area contributed by atoms with Crippen LogP contribution in [0.25, 0.3) is 0 Å². The highest BCUT2D eigenvalue weighted by atomic mass is 32.2. The van der Waals surface area contributed by atoms with Crippen molar-refractivity contribution in [3.05, 3.63) is 18.2 Å². The van der Waals surface area contributed by atoms with Crippen LogP contribution in [0.1, 0.15) is 12.8 Å². The molecular weight excluding hydrogens is 294 g/mol. The van der Waals surface area contributed by atoms with E-state index in [2.05, 4.69) is 0 Å². The zero-order valence-electron chi connectivity index (χ0n) is 12.4. The van der Waals surface area contributed by atoms with Gasteiger partial charge in [0.25, 0.3) is 0 Å². The van der Waals surface area contributed by atoms with E-state index in [4.69, 9.17) is 9.47 Å². The monoisotopic (exact) mass is 315 g/mol. The Morgan fingerprint density at radius 1 is 1.29 bits per heavy atom. The fraction of sp³-hybridized carbons (Fsp3) is 0.571. The van der Waals surface area contributed by atoms with Crippen molar-refractivity contribution in [1.29, 1.82) is 0 Å². The number of ether oxygens (including phenoxy) is 2. The summed E-state index contributed by atoms with van der Waals surface area (Å²) in [7, 11) is 0.754. The molecule has 1 saturated carbocycles. The van der Waals surface area contributed by atoms with Gasteiger partial charge in [0.15, 0.2) is 11.5 Å². The van der Waals surface area contributed by atoms with Gasteiger partial charge in [-0.05, 0) is 30.9 Å². The average Bonchev–Trinajstić information content (AvgIpc) is 3.30. The van der Waals surface area contributed by atoms with Gasteiger partial charge in [-0.3, -0.25) is 0 Å². The first-order chi connectivity index (χ1) is 9.90. The molecule has 1 N–H and O–H groups in total. The average molecular weight is 315 g/mol. The van der Waals surface area contributed by atoms with Gasteiger partial charge in [-0.25, -0.2) is 8.42 Å². The van der Waals surface area contributed by atoms with Crippen LogP contribution < -0.4 is 9.47 Å². The van der Waals surface area contributed by atoms with E-state index in [0.29, 0.717) is 11.5 Å². The lowest BCUT2D eigenvalue weighted by Gasteiger charge is -2.21. The van der Waals surface area contributed by atoms with Crippen LogP contribution in [0, 0.1) is 5.92 Å². The first-order valence-electron chi connectivity index (χ1n) is 6.76. The summed E-state index contributed by atoms with van der Waals surface area (Å²) in [6, 6.07) is 4.45. The maximum Gasteiger partial charge on any atom is 0.243 e. The van der Waals surface area contributed by atoms with E-state index in [-0.39, 0.29) is 17.4 Å². The molecule has 0 aromatic heterocycles. The number of nitrogens with zero attached hydrogens (tertiary/aromatic N) is 1. The second kappa shape index (κ2) is 6.21. The third-order valence-electron chi connectivity index (χ3n) is 3.67. The number of aliphatic hydroxyl groups excluding tert-OH is 1. The Morgan fingerprint density at radius 3 is 2.43 bits per heavy atom. The first-order valence-corrected chi connectivity index (χ1v) is 8.20. The summed E-state index contributed by atoms with van der Waals surface area (Å²) in [6.45, 7) is 0.0986. The maximum atomic E-state index is 12.5. The molecule has 21 heavy (non-hydrogen) atoms. The highest BCUT2D eigenvalue weighted by Gasteiger charge is 2.33. The zero-order chi connectivity index (χ0) is 15.6. The highest BCUT2D eigenvalue weighted by molar-refractivity contribution is 7.89. The van der Waals surface area contributed by atoms with Crippen molar-refractivity contribution in [3.63, 3.8) is 0 Å². The van der Waals surface area contributed by atoms with Crippen molar-refractivity contribution in [2.24, 2.45) is 5.92 Å². The molecule has 0 saturated heterocycles. The van der Waals surface area contributed by atoms with Gasteiger partial charge in [-0.2, -0.15) is 4.31 Å². The topological polar surface area (TPSA) is 76.1 Å². The van der Waals surface area contributed by atoms with E-state index in [9.17, 15) is 13.5 Å². The minimum atomic E-state index is -3.66. The number of aliphatic hydroxyl groups is 1. The van der Waals surface area contributed by atoms with Crippen LogP contribution >= 0.6 is 0 Å². The van der Waals surface area contributed by atoms with Gasteiger partial charge in [-0.15, -0.1) is 0 Å². The van der Waals surface area contributed by atoms with E-state index in [1.54, 1.807) is 6.07 Å². The van der Waals surface area contributed by atoms with Gasteiger partial charge in [-0.1, -0.05) is 0 Å². The number of benzene rings is 1. The molecule has 0 bridgehead atoms. The van der Waals surface area contributed by atoms with Crippen molar-refractivity contribution in [1.82, 2.24) is 4.31 Å². The molecule has 1 atom stereocenters. The molecule has 1 fully saturated rings. The molecule has 1 aromatic carbocycles. The second-order valence-electron chi connectivity index (χ2n) is 5.21.